The largest absolute Gasteiger partial charge is 0.483 e. The number of nitrogens with zero attached hydrogens (tertiary/aromatic N) is 1. The van der Waals surface area contributed by atoms with Gasteiger partial charge in [-0.15, -0.1) is 0 Å². The SMILES string of the molecule is Cc1ccccc1OCC(=O)Nc1ccccc1N1CCCC1=O. The van der Waals surface area contributed by atoms with Gasteiger partial charge < -0.3 is 15.0 Å². The Kier molecular flexibility index (Phi) is 4.79. The zero-order chi connectivity index (χ0) is 16.9. The molecule has 0 aliphatic carbocycles. The lowest BCUT2D eigenvalue weighted by Gasteiger charge is -2.20. The van der Waals surface area contributed by atoms with Gasteiger partial charge in [0.25, 0.3) is 5.91 Å². The van der Waals surface area contributed by atoms with Gasteiger partial charge in [-0.05, 0) is 37.1 Å². The molecular formula is C19H20N2O3. The molecule has 1 N–H and O–H groups in total. The number of amides is 2. The summed E-state index contributed by atoms with van der Waals surface area (Å²) in [7, 11) is 0. The molecule has 0 aromatic heterocycles. The summed E-state index contributed by atoms with van der Waals surface area (Å²) in [5, 5.41) is 2.84. The van der Waals surface area contributed by atoms with Crippen molar-refractivity contribution in [3.8, 4) is 5.75 Å². The summed E-state index contributed by atoms with van der Waals surface area (Å²) < 4.78 is 5.56. The fraction of sp³-hybridized carbons (Fsp3) is 0.263. The Morgan fingerprint density at radius 1 is 1.17 bits per heavy atom. The molecule has 1 saturated heterocycles. The first-order valence-electron chi connectivity index (χ1n) is 8.03. The zero-order valence-electron chi connectivity index (χ0n) is 13.6. The summed E-state index contributed by atoms with van der Waals surface area (Å²) in [6, 6.07) is 14.9. The Bertz CT molecular complexity index is 758. The van der Waals surface area contributed by atoms with Crippen LogP contribution in [0.25, 0.3) is 0 Å². The quantitative estimate of drug-likeness (QED) is 0.919. The topological polar surface area (TPSA) is 58.6 Å². The second-order valence-electron chi connectivity index (χ2n) is 5.77. The van der Waals surface area contributed by atoms with Crippen LogP contribution in [0.15, 0.2) is 48.5 Å². The van der Waals surface area contributed by atoms with Crippen molar-refractivity contribution in [3.05, 3.63) is 54.1 Å². The molecule has 0 saturated carbocycles. The summed E-state index contributed by atoms with van der Waals surface area (Å²) in [5.74, 6) is 0.529. The van der Waals surface area contributed by atoms with E-state index in [2.05, 4.69) is 5.32 Å². The van der Waals surface area contributed by atoms with Crippen LogP contribution in [0.2, 0.25) is 0 Å². The average Bonchev–Trinajstić information content (AvgIpc) is 3.00. The van der Waals surface area contributed by atoms with Crippen molar-refractivity contribution in [2.75, 3.05) is 23.4 Å². The maximum atomic E-state index is 12.2. The average molecular weight is 324 g/mol. The molecule has 5 heteroatoms. The minimum absolute atomic E-state index is 0.0763. The van der Waals surface area contributed by atoms with E-state index in [4.69, 9.17) is 4.74 Å². The fourth-order valence-corrected chi connectivity index (χ4v) is 2.77. The molecule has 2 aromatic carbocycles. The summed E-state index contributed by atoms with van der Waals surface area (Å²) in [4.78, 5) is 25.9. The van der Waals surface area contributed by atoms with Crippen LogP contribution in [0.4, 0.5) is 11.4 Å². The first kappa shape index (κ1) is 16.1. The lowest BCUT2D eigenvalue weighted by atomic mass is 10.2. The van der Waals surface area contributed by atoms with Gasteiger partial charge in [0.05, 0.1) is 11.4 Å². The van der Waals surface area contributed by atoms with Gasteiger partial charge in [-0.3, -0.25) is 9.59 Å². The number of nitrogens with one attached hydrogen (secondary N) is 1. The van der Waals surface area contributed by atoms with Crippen LogP contribution in [0, 0.1) is 6.92 Å². The molecule has 2 amide bonds. The van der Waals surface area contributed by atoms with Crippen molar-refractivity contribution in [3.63, 3.8) is 0 Å². The summed E-state index contributed by atoms with van der Waals surface area (Å²) in [6.45, 7) is 2.54. The predicted molar refractivity (Wildman–Crippen MR) is 93.3 cm³/mol. The van der Waals surface area contributed by atoms with Gasteiger partial charge in [0.2, 0.25) is 5.91 Å². The number of para-hydroxylation sites is 3. The lowest BCUT2D eigenvalue weighted by molar-refractivity contribution is -0.118. The standard InChI is InChI=1S/C19H20N2O3/c1-14-7-2-5-10-17(14)24-13-18(22)20-15-8-3-4-9-16(15)21-12-6-11-19(21)23/h2-5,7-10H,6,11-13H2,1H3,(H,20,22). The molecule has 1 aliphatic rings. The normalized spacial score (nSPS) is 13.9. The highest BCUT2D eigenvalue weighted by atomic mass is 16.5. The van der Waals surface area contributed by atoms with Crippen molar-refractivity contribution in [1.82, 2.24) is 0 Å². The molecule has 2 aromatic rings. The molecule has 5 nitrogen and oxygen atoms in total. The fourth-order valence-electron chi connectivity index (χ4n) is 2.77. The van der Waals surface area contributed by atoms with E-state index >= 15 is 0 Å². The van der Waals surface area contributed by atoms with Gasteiger partial charge in [0.15, 0.2) is 6.61 Å². The van der Waals surface area contributed by atoms with Gasteiger partial charge in [0, 0.05) is 13.0 Å². The van der Waals surface area contributed by atoms with Gasteiger partial charge in [-0.2, -0.15) is 0 Å². The van der Waals surface area contributed by atoms with E-state index < -0.39 is 0 Å². The Hall–Kier alpha value is -2.82. The second kappa shape index (κ2) is 7.17. The molecule has 124 valence electrons. The number of anilines is 2. The van der Waals surface area contributed by atoms with Crippen LogP contribution >= 0.6 is 0 Å². The van der Waals surface area contributed by atoms with Gasteiger partial charge in [-0.1, -0.05) is 30.3 Å². The predicted octanol–water partition coefficient (Wildman–Crippen LogP) is 3.14. The monoisotopic (exact) mass is 324 g/mol. The van der Waals surface area contributed by atoms with E-state index in [-0.39, 0.29) is 18.4 Å². The highest BCUT2D eigenvalue weighted by Crippen LogP contribution is 2.29. The third-order valence-electron chi connectivity index (χ3n) is 3.99. The van der Waals surface area contributed by atoms with Crippen LogP contribution in [-0.2, 0) is 9.59 Å². The van der Waals surface area contributed by atoms with Gasteiger partial charge >= 0.3 is 0 Å². The Balaban J connectivity index is 1.66. The van der Waals surface area contributed by atoms with E-state index in [1.807, 2.05) is 49.4 Å². The first-order valence-corrected chi connectivity index (χ1v) is 8.03. The van der Waals surface area contributed by atoms with Crippen LogP contribution in [0.5, 0.6) is 5.75 Å². The number of hydrogen-bond acceptors (Lipinski definition) is 3. The van der Waals surface area contributed by atoms with Crippen molar-refractivity contribution in [1.29, 1.82) is 0 Å². The molecule has 1 aliphatic heterocycles. The molecule has 0 radical (unpaired) electrons. The molecule has 0 unspecified atom stereocenters. The zero-order valence-corrected chi connectivity index (χ0v) is 13.6. The Morgan fingerprint density at radius 3 is 2.67 bits per heavy atom. The molecule has 0 bridgehead atoms. The van der Waals surface area contributed by atoms with Crippen molar-refractivity contribution in [2.45, 2.75) is 19.8 Å². The second-order valence-corrected chi connectivity index (χ2v) is 5.77. The molecule has 0 atom stereocenters. The van der Waals surface area contributed by atoms with Crippen molar-refractivity contribution >= 4 is 23.2 Å². The first-order chi connectivity index (χ1) is 11.6. The number of benzene rings is 2. The number of carbonyl (C=O) groups is 2. The minimum Gasteiger partial charge on any atom is -0.483 e. The maximum absolute atomic E-state index is 12.2. The van der Waals surface area contributed by atoms with Crippen LogP contribution in [0.3, 0.4) is 0 Å². The lowest BCUT2D eigenvalue weighted by Crippen LogP contribution is -2.27. The van der Waals surface area contributed by atoms with E-state index in [1.54, 1.807) is 11.0 Å². The van der Waals surface area contributed by atoms with E-state index in [9.17, 15) is 9.59 Å². The smallest absolute Gasteiger partial charge is 0.262 e. The van der Waals surface area contributed by atoms with Gasteiger partial charge in [0.1, 0.15) is 5.75 Å². The molecule has 3 rings (SSSR count). The van der Waals surface area contributed by atoms with E-state index in [0.29, 0.717) is 24.4 Å². The molecule has 24 heavy (non-hydrogen) atoms. The number of carbonyl (C=O) groups excluding carboxylic acids is 2. The van der Waals surface area contributed by atoms with Crippen molar-refractivity contribution < 1.29 is 14.3 Å². The molecule has 1 heterocycles. The van der Waals surface area contributed by atoms with Gasteiger partial charge in [-0.25, -0.2) is 0 Å². The van der Waals surface area contributed by atoms with E-state index in [0.717, 1.165) is 17.7 Å². The van der Waals surface area contributed by atoms with Crippen molar-refractivity contribution in [2.24, 2.45) is 0 Å². The van der Waals surface area contributed by atoms with E-state index in [1.165, 1.54) is 0 Å². The minimum atomic E-state index is -0.252. The number of ether oxygens (including phenoxy) is 1. The third-order valence-corrected chi connectivity index (χ3v) is 3.99. The number of aryl methyl sites for hydroxylation is 1. The van der Waals surface area contributed by atoms with Crippen LogP contribution in [0.1, 0.15) is 18.4 Å². The summed E-state index contributed by atoms with van der Waals surface area (Å²) in [6.07, 6.45) is 1.40. The Morgan fingerprint density at radius 2 is 1.92 bits per heavy atom. The van der Waals surface area contributed by atoms with Crippen LogP contribution < -0.4 is 15.0 Å². The summed E-state index contributed by atoms with van der Waals surface area (Å²) >= 11 is 0. The van der Waals surface area contributed by atoms with Crippen LogP contribution in [-0.4, -0.2) is 25.0 Å². The third kappa shape index (κ3) is 3.56. The highest BCUT2D eigenvalue weighted by Gasteiger charge is 2.24. The molecule has 0 spiro atoms. The molecule has 1 fully saturated rings. The summed E-state index contributed by atoms with van der Waals surface area (Å²) in [5.41, 5.74) is 2.35. The maximum Gasteiger partial charge on any atom is 0.262 e. The molecular weight excluding hydrogens is 304 g/mol. The number of rotatable bonds is 5. The highest BCUT2D eigenvalue weighted by molar-refractivity contribution is 6.02. The number of hydrogen-bond donors (Lipinski definition) is 1. The Labute approximate surface area is 141 Å².